The average molecular weight is 425 g/mol. The Morgan fingerprint density at radius 3 is 2.59 bits per heavy atom. The highest BCUT2D eigenvalue weighted by Gasteiger charge is 2.28. The molecule has 1 N–H and O–H groups in total. The van der Waals surface area contributed by atoms with Crippen molar-refractivity contribution in [2.75, 3.05) is 26.4 Å². The van der Waals surface area contributed by atoms with Gasteiger partial charge in [-0.05, 0) is 38.7 Å². The van der Waals surface area contributed by atoms with Crippen LogP contribution in [0.1, 0.15) is 53.8 Å². The molecule has 1 fully saturated rings. The second-order valence-electron chi connectivity index (χ2n) is 7.64. The van der Waals surface area contributed by atoms with Gasteiger partial charge in [0.05, 0.1) is 18.5 Å². The minimum Gasteiger partial charge on any atom is -0.337 e. The first kappa shape index (κ1) is 21.4. The van der Waals surface area contributed by atoms with Crippen molar-refractivity contribution in [3.8, 4) is 0 Å². The summed E-state index contributed by atoms with van der Waals surface area (Å²) in [5.41, 5.74) is 2.98. The lowest BCUT2D eigenvalue weighted by atomic mass is 9.98. The number of hydrogen-bond donors (Lipinski definition) is 1. The first-order chi connectivity index (χ1) is 13.6. The lowest BCUT2D eigenvalue weighted by Crippen LogP contribution is -2.37. The van der Waals surface area contributed by atoms with Crippen molar-refractivity contribution >= 4 is 15.9 Å². The van der Waals surface area contributed by atoms with Crippen molar-refractivity contribution in [2.45, 2.75) is 52.0 Å². The predicted molar refractivity (Wildman–Crippen MR) is 106 cm³/mol. The number of aryl methyl sites for hydroxylation is 2. The number of hydrogen-bond acceptors (Lipinski definition) is 7. The predicted octanol–water partition coefficient (Wildman–Crippen LogP) is 1.14. The number of aromatic amines is 1. The van der Waals surface area contributed by atoms with E-state index in [2.05, 4.69) is 20.3 Å². The molecule has 160 valence electrons. The van der Waals surface area contributed by atoms with Crippen molar-refractivity contribution in [1.82, 2.24) is 29.5 Å². The summed E-state index contributed by atoms with van der Waals surface area (Å²) < 4.78 is 30.0. The van der Waals surface area contributed by atoms with Gasteiger partial charge in [-0.15, -0.1) is 0 Å². The SMILES string of the molecule is Cc1n[nH]c(C)c1CCC(=O)N(C)Cc1nc(C2CCN(S(C)(=O)=O)CC2)no1. The first-order valence-electron chi connectivity index (χ1n) is 9.67. The van der Waals surface area contributed by atoms with E-state index < -0.39 is 10.0 Å². The quantitative estimate of drug-likeness (QED) is 0.706. The maximum absolute atomic E-state index is 12.4. The molecule has 3 heterocycles. The average Bonchev–Trinajstić information content (AvgIpc) is 3.26. The van der Waals surface area contributed by atoms with E-state index in [0.29, 0.717) is 50.5 Å². The molecule has 1 saturated heterocycles. The molecule has 29 heavy (non-hydrogen) atoms. The Hall–Kier alpha value is -2.27. The minimum atomic E-state index is -3.16. The van der Waals surface area contributed by atoms with Crippen LogP contribution in [0.5, 0.6) is 0 Å². The standard InChI is InChI=1S/C18H28N6O4S/c1-12-15(13(2)21-20-12)5-6-17(25)23(3)11-16-19-18(22-28-16)14-7-9-24(10-8-14)29(4,26)27/h14H,5-11H2,1-4H3,(H,20,21). The Morgan fingerprint density at radius 2 is 2.00 bits per heavy atom. The highest BCUT2D eigenvalue weighted by molar-refractivity contribution is 7.88. The highest BCUT2D eigenvalue weighted by Crippen LogP contribution is 2.27. The summed E-state index contributed by atoms with van der Waals surface area (Å²) in [5, 5.41) is 11.1. The monoisotopic (exact) mass is 424 g/mol. The fraction of sp³-hybridized carbons (Fsp3) is 0.667. The Kier molecular flexibility index (Phi) is 6.37. The van der Waals surface area contributed by atoms with Crippen molar-refractivity contribution in [1.29, 1.82) is 0 Å². The fourth-order valence-corrected chi connectivity index (χ4v) is 4.47. The minimum absolute atomic E-state index is 0.00814. The number of nitrogens with one attached hydrogen (secondary N) is 1. The third-order valence-electron chi connectivity index (χ3n) is 5.44. The van der Waals surface area contributed by atoms with Gasteiger partial charge in [-0.3, -0.25) is 9.89 Å². The van der Waals surface area contributed by atoms with E-state index in [4.69, 9.17) is 4.52 Å². The van der Waals surface area contributed by atoms with E-state index >= 15 is 0 Å². The zero-order chi connectivity index (χ0) is 21.2. The number of rotatable bonds is 7. The molecule has 2 aromatic heterocycles. The number of H-pyrrole nitrogens is 1. The molecule has 0 saturated carbocycles. The van der Waals surface area contributed by atoms with Gasteiger partial charge in [-0.25, -0.2) is 12.7 Å². The molecule has 0 unspecified atom stereocenters. The van der Waals surface area contributed by atoms with Gasteiger partial charge in [0, 0.05) is 38.2 Å². The van der Waals surface area contributed by atoms with Crippen molar-refractivity contribution in [3.63, 3.8) is 0 Å². The normalized spacial score (nSPS) is 16.3. The molecule has 0 bridgehead atoms. The van der Waals surface area contributed by atoms with Crippen LogP contribution in [0.4, 0.5) is 0 Å². The van der Waals surface area contributed by atoms with Crippen LogP contribution in [0.3, 0.4) is 0 Å². The van der Waals surface area contributed by atoms with Crippen LogP contribution in [0.25, 0.3) is 0 Å². The Labute approximate surface area is 170 Å². The molecule has 1 amide bonds. The largest absolute Gasteiger partial charge is 0.337 e. The van der Waals surface area contributed by atoms with Crippen molar-refractivity contribution in [3.05, 3.63) is 28.7 Å². The molecule has 10 nitrogen and oxygen atoms in total. The number of sulfonamides is 1. The van der Waals surface area contributed by atoms with Gasteiger partial charge >= 0.3 is 0 Å². The molecule has 0 spiro atoms. The second kappa shape index (κ2) is 8.62. The molecule has 0 aliphatic carbocycles. The molecule has 1 aliphatic heterocycles. The van der Waals surface area contributed by atoms with Gasteiger partial charge in [0.25, 0.3) is 0 Å². The van der Waals surface area contributed by atoms with E-state index in [0.717, 1.165) is 17.0 Å². The number of amides is 1. The summed E-state index contributed by atoms with van der Waals surface area (Å²) >= 11 is 0. The molecular formula is C18H28N6O4S. The van der Waals surface area contributed by atoms with E-state index in [-0.39, 0.29) is 18.4 Å². The molecule has 1 aliphatic rings. The van der Waals surface area contributed by atoms with Crippen molar-refractivity contribution in [2.24, 2.45) is 0 Å². The van der Waals surface area contributed by atoms with Gasteiger partial charge in [0.1, 0.15) is 0 Å². The number of nitrogens with zero attached hydrogens (tertiary/aromatic N) is 5. The fourth-order valence-electron chi connectivity index (χ4n) is 3.60. The maximum Gasteiger partial charge on any atom is 0.246 e. The summed E-state index contributed by atoms with van der Waals surface area (Å²) in [6, 6.07) is 0. The van der Waals surface area contributed by atoms with Gasteiger partial charge in [0.15, 0.2) is 5.82 Å². The molecule has 0 atom stereocenters. The summed E-state index contributed by atoms with van der Waals surface area (Å²) in [4.78, 5) is 18.5. The Balaban J connectivity index is 1.51. The van der Waals surface area contributed by atoms with Crippen LogP contribution in [0.15, 0.2) is 4.52 Å². The smallest absolute Gasteiger partial charge is 0.246 e. The summed E-state index contributed by atoms with van der Waals surface area (Å²) in [5.74, 6) is 1.03. The van der Waals surface area contributed by atoms with Gasteiger partial charge in [-0.1, -0.05) is 5.16 Å². The highest BCUT2D eigenvalue weighted by atomic mass is 32.2. The number of aromatic nitrogens is 4. The van der Waals surface area contributed by atoms with Crippen LogP contribution >= 0.6 is 0 Å². The lowest BCUT2D eigenvalue weighted by Gasteiger charge is -2.28. The molecule has 2 aromatic rings. The summed E-state index contributed by atoms with van der Waals surface area (Å²) in [7, 11) is -1.45. The molecular weight excluding hydrogens is 396 g/mol. The zero-order valence-corrected chi connectivity index (χ0v) is 18.1. The molecule has 3 rings (SSSR count). The first-order valence-corrected chi connectivity index (χ1v) is 11.5. The topological polar surface area (TPSA) is 125 Å². The van der Waals surface area contributed by atoms with Crippen LogP contribution in [0.2, 0.25) is 0 Å². The van der Waals surface area contributed by atoms with Crippen LogP contribution in [-0.2, 0) is 27.8 Å². The van der Waals surface area contributed by atoms with E-state index in [1.54, 1.807) is 11.9 Å². The summed E-state index contributed by atoms with van der Waals surface area (Å²) in [6.45, 7) is 5.03. The van der Waals surface area contributed by atoms with E-state index in [9.17, 15) is 13.2 Å². The maximum atomic E-state index is 12.4. The van der Waals surface area contributed by atoms with Gasteiger partial charge in [-0.2, -0.15) is 10.1 Å². The van der Waals surface area contributed by atoms with Crippen molar-refractivity contribution < 1.29 is 17.7 Å². The molecule has 0 radical (unpaired) electrons. The number of carbonyl (C=O) groups is 1. The molecule has 0 aromatic carbocycles. The van der Waals surface area contributed by atoms with E-state index in [1.165, 1.54) is 10.6 Å². The Bertz CT molecular complexity index is 939. The van der Waals surface area contributed by atoms with Crippen LogP contribution in [-0.4, -0.2) is 70.3 Å². The van der Waals surface area contributed by atoms with Crippen LogP contribution < -0.4 is 0 Å². The third kappa shape index (κ3) is 5.21. The number of carbonyl (C=O) groups excluding carboxylic acids is 1. The molecule has 11 heteroatoms. The lowest BCUT2D eigenvalue weighted by molar-refractivity contribution is -0.130. The number of piperidine rings is 1. The Morgan fingerprint density at radius 1 is 1.31 bits per heavy atom. The summed E-state index contributed by atoms with van der Waals surface area (Å²) in [6.07, 6.45) is 3.55. The third-order valence-corrected chi connectivity index (χ3v) is 6.74. The van der Waals surface area contributed by atoms with Gasteiger partial charge < -0.3 is 9.42 Å². The second-order valence-corrected chi connectivity index (χ2v) is 9.63. The van der Waals surface area contributed by atoms with E-state index in [1.807, 2.05) is 13.8 Å². The van der Waals surface area contributed by atoms with Gasteiger partial charge in [0.2, 0.25) is 21.8 Å². The zero-order valence-electron chi connectivity index (χ0n) is 17.3. The van der Waals surface area contributed by atoms with Crippen LogP contribution in [0, 0.1) is 13.8 Å².